The number of ether oxygens (including phenoxy) is 1. The smallest absolute Gasteiger partial charge is 0.429 e. The molecule has 0 unspecified atom stereocenters. The molecule has 0 aliphatic rings. The molecule has 0 aliphatic carbocycles. The van der Waals surface area contributed by atoms with E-state index in [1.165, 1.54) is 0 Å². The number of hydrogen-bond acceptors (Lipinski definition) is 5. The topological polar surface area (TPSA) is 35.5 Å². The third-order valence-electron chi connectivity index (χ3n) is 1.30. The Labute approximate surface area is 85.4 Å². The average Bonchev–Trinajstić information content (AvgIpc) is 2.17. The van der Waals surface area contributed by atoms with Gasteiger partial charge in [-0.25, -0.2) is 4.79 Å². The number of rotatable bonds is 3. The van der Waals surface area contributed by atoms with Crippen molar-refractivity contribution in [1.82, 2.24) is 0 Å². The second-order valence-corrected chi connectivity index (χ2v) is 2.95. The highest BCUT2D eigenvalue weighted by molar-refractivity contribution is 8.66. The van der Waals surface area contributed by atoms with Gasteiger partial charge in [-0.15, -0.1) is 0 Å². The third-order valence-corrected chi connectivity index (χ3v) is 1.74. The van der Waals surface area contributed by atoms with Crippen LogP contribution in [0.4, 0.5) is 4.79 Å². The monoisotopic (exact) mass is 216 g/mol. The van der Waals surface area contributed by atoms with Gasteiger partial charge in [0.25, 0.3) is 0 Å². The molecule has 0 aliphatic heterocycles. The molecule has 0 spiro atoms. The fourth-order valence-corrected chi connectivity index (χ4v) is 1.06. The molecule has 0 bridgehead atoms. The molecule has 3 nitrogen and oxygen atoms in total. The second-order valence-electron chi connectivity index (χ2n) is 2.18. The van der Waals surface area contributed by atoms with Crippen LogP contribution in [0.5, 0.6) is 0 Å². The largest absolute Gasteiger partial charge is 0.521 e. The predicted octanol–water partition coefficient (Wildman–Crippen LogP) is 2.83. The summed E-state index contributed by atoms with van der Waals surface area (Å²) in [4.78, 5) is 10.7. The zero-order valence-electron chi connectivity index (χ0n) is 6.67. The van der Waals surface area contributed by atoms with E-state index in [0.29, 0.717) is 11.1 Å². The van der Waals surface area contributed by atoms with Crippen molar-refractivity contribution < 1.29 is 13.7 Å². The highest BCUT2D eigenvalue weighted by Gasteiger charge is 2.02. The Hall–Kier alpha value is -0.810. The van der Waals surface area contributed by atoms with Gasteiger partial charge in [0, 0.05) is 0 Å². The summed E-state index contributed by atoms with van der Waals surface area (Å²) in [6.45, 7) is 0.216. The molecular formula is C8H8O3S2. The van der Waals surface area contributed by atoms with Gasteiger partial charge in [-0.1, -0.05) is 42.0 Å². The minimum atomic E-state index is -0.733. The van der Waals surface area contributed by atoms with Gasteiger partial charge in [-0.3, -0.25) is 0 Å². The molecule has 0 heterocycles. The minimum absolute atomic E-state index is 0.216. The van der Waals surface area contributed by atoms with Gasteiger partial charge >= 0.3 is 6.16 Å². The quantitative estimate of drug-likeness (QED) is 0.365. The SMILES string of the molecule is O=C(OCc1ccccc1)OSS. The number of carbonyl (C=O) groups is 1. The average molecular weight is 216 g/mol. The molecule has 0 atom stereocenters. The molecule has 1 aromatic rings. The van der Waals surface area contributed by atoms with Crippen molar-refractivity contribution in [3.05, 3.63) is 35.9 Å². The van der Waals surface area contributed by atoms with E-state index in [2.05, 4.69) is 15.8 Å². The molecule has 1 aromatic carbocycles. The predicted molar refractivity (Wildman–Crippen MR) is 54.3 cm³/mol. The zero-order valence-corrected chi connectivity index (χ0v) is 8.38. The first kappa shape index (κ1) is 10.3. The summed E-state index contributed by atoms with van der Waals surface area (Å²) in [6.07, 6.45) is -0.733. The van der Waals surface area contributed by atoms with E-state index in [9.17, 15) is 4.79 Å². The van der Waals surface area contributed by atoms with Gasteiger partial charge in [-0.2, -0.15) is 0 Å². The number of carbonyl (C=O) groups excluding carboxylic acids is 1. The lowest BCUT2D eigenvalue weighted by Crippen LogP contribution is -2.01. The zero-order chi connectivity index (χ0) is 9.52. The molecule has 0 aromatic heterocycles. The van der Waals surface area contributed by atoms with E-state index >= 15 is 0 Å². The summed E-state index contributed by atoms with van der Waals surface area (Å²) < 4.78 is 9.12. The Bertz CT molecular complexity index is 263. The van der Waals surface area contributed by atoms with Crippen molar-refractivity contribution in [2.24, 2.45) is 0 Å². The van der Waals surface area contributed by atoms with Crippen molar-refractivity contribution in [1.29, 1.82) is 0 Å². The molecule has 13 heavy (non-hydrogen) atoms. The van der Waals surface area contributed by atoms with Crippen LogP contribution in [0.3, 0.4) is 0 Å². The van der Waals surface area contributed by atoms with Crippen molar-refractivity contribution in [2.45, 2.75) is 6.61 Å². The van der Waals surface area contributed by atoms with Crippen molar-refractivity contribution in [3.8, 4) is 0 Å². The van der Waals surface area contributed by atoms with E-state index in [4.69, 9.17) is 4.74 Å². The lowest BCUT2D eigenvalue weighted by atomic mass is 10.2. The summed E-state index contributed by atoms with van der Waals surface area (Å²) in [5.41, 5.74) is 0.920. The van der Waals surface area contributed by atoms with Crippen LogP contribution < -0.4 is 0 Å². The number of hydrogen-bond donors (Lipinski definition) is 1. The van der Waals surface area contributed by atoms with Gasteiger partial charge in [0.1, 0.15) is 17.7 Å². The molecule has 0 saturated carbocycles. The van der Waals surface area contributed by atoms with Crippen LogP contribution in [0.2, 0.25) is 0 Å². The van der Waals surface area contributed by atoms with Gasteiger partial charge in [0.2, 0.25) is 0 Å². The molecule has 5 heteroatoms. The Morgan fingerprint density at radius 2 is 2.08 bits per heavy atom. The van der Waals surface area contributed by atoms with Crippen molar-refractivity contribution >= 4 is 28.9 Å². The van der Waals surface area contributed by atoms with Gasteiger partial charge in [0.15, 0.2) is 0 Å². The lowest BCUT2D eigenvalue weighted by molar-refractivity contribution is 0.100. The molecule has 0 radical (unpaired) electrons. The van der Waals surface area contributed by atoms with Gasteiger partial charge < -0.3 is 8.92 Å². The Morgan fingerprint density at radius 3 is 2.69 bits per heavy atom. The highest BCUT2D eigenvalue weighted by atomic mass is 33.1. The van der Waals surface area contributed by atoms with Crippen LogP contribution in [0, 0.1) is 0 Å². The molecular weight excluding hydrogens is 208 g/mol. The van der Waals surface area contributed by atoms with Gasteiger partial charge in [0.05, 0.1) is 0 Å². The lowest BCUT2D eigenvalue weighted by Gasteiger charge is -2.02. The maximum atomic E-state index is 10.7. The van der Waals surface area contributed by atoms with E-state index in [1.54, 1.807) is 0 Å². The molecule has 0 fully saturated rings. The van der Waals surface area contributed by atoms with Crippen LogP contribution in [-0.4, -0.2) is 6.16 Å². The first-order valence-electron chi connectivity index (χ1n) is 3.51. The number of benzene rings is 1. The summed E-state index contributed by atoms with van der Waals surface area (Å²) >= 11 is 4.30. The maximum Gasteiger partial charge on any atom is 0.521 e. The summed E-state index contributed by atoms with van der Waals surface area (Å²) in [5.74, 6) is 0. The van der Waals surface area contributed by atoms with Gasteiger partial charge in [-0.05, 0) is 5.56 Å². The van der Waals surface area contributed by atoms with Crippen LogP contribution >= 0.6 is 22.7 Å². The van der Waals surface area contributed by atoms with E-state index < -0.39 is 6.16 Å². The summed E-state index contributed by atoms with van der Waals surface area (Å²) in [5, 5.41) is 0. The van der Waals surface area contributed by atoms with E-state index in [0.717, 1.165) is 5.56 Å². The van der Waals surface area contributed by atoms with Crippen molar-refractivity contribution in [2.75, 3.05) is 0 Å². The molecule has 70 valence electrons. The maximum absolute atomic E-state index is 10.7. The summed E-state index contributed by atoms with van der Waals surface area (Å²) in [6, 6.07) is 9.36. The molecule has 1 rings (SSSR count). The first-order valence-corrected chi connectivity index (χ1v) is 5.31. The fourth-order valence-electron chi connectivity index (χ4n) is 0.771. The molecule has 0 N–H and O–H groups in total. The van der Waals surface area contributed by atoms with Crippen LogP contribution in [0.25, 0.3) is 0 Å². The summed E-state index contributed by atoms with van der Waals surface area (Å²) in [7, 11) is 0. The first-order chi connectivity index (χ1) is 6.33. The van der Waals surface area contributed by atoms with E-state index in [-0.39, 0.29) is 6.61 Å². The van der Waals surface area contributed by atoms with Crippen molar-refractivity contribution in [3.63, 3.8) is 0 Å². The fraction of sp³-hybridized carbons (Fsp3) is 0.125. The van der Waals surface area contributed by atoms with Crippen LogP contribution in [-0.2, 0) is 15.5 Å². The third kappa shape index (κ3) is 4.10. The second kappa shape index (κ2) is 5.77. The van der Waals surface area contributed by atoms with Crippen LogP contribution in [0.1, 0.15) is 5.56 Å². The Kier molecular flexibility index (Phi) is 4.56. The Morgan fingerprint density at radius 1 is 1.38 bits per heavy atom. The number of thiol groups is 1. The molecule has 0 saturated heterocycles. The van der Waals surface area contributed by atoms with E-state index in [1.807, 2.05) is 30.3 Å². The Balaban J connectivity index is 2.31. The molecule has 0 amide bonds. The normalized spacial score (nSPS) is 9.31. The minimum Gasteiger partial charge on any atom is -0.429 e. The standard InChI is InChI=1S/C8H8O3S2/c9-8(11-13-12)10-6-7-4-2-1-3-5-7/h1-5,12H,6H2. The van der Waals surface area contributed by atoms with Crippen LogP contribution in [0.15, 0.2) is 30.3 Å². The highest BCUT2D eigenvalue weighted by Crippen LogP contribution is 2.09.